The van der Waals surface area contributed by atoms with Gasteiger partial charge in [-0.15, -0.1) is 0 Å². The topological polar surface area (TPSA) is 15.3 Å². The Kier molecular flexibility index (Phi) is 6.26. The second-order valence-electron chi connectivity index (χ2n) is 5.03. The zero-order valence-corrected chi connectivity index (χ0v) is 10.8. The van der Waals surface area contributed by atoms with E-state index >= 15 is 0 Å². The molecule has 1 N–H and O–H groups in total. The summed E-state index contributed by atoms with van der Waals surface area (Å²) in [6.45, 7) is 11.9. The number of piperidine rings is 1. The van der Waals surface area contributed by atoms with Gasteiger partial charge in [-0.05, 0) is 45.2 Å². The van der Waals surface area contributed by atoms with Crippen molar-refractivity contribution in [3.63, 3.8) is 0 Å². The molecule has 90 valence electrons. The molecule has 0 aromatic carbocycles. The van der Waals surface area contributed by atoms with Crippen molar-refractivity contribution in [3.8, 4) is 0 Å². The summed E-state index contributed by atoms with van der Waals surface area (Å²) in [7, 11) is 0. The minimum Gasteiger partial charge on any atom is -0.313 e. The molecule has 1 rings (SSSR count). The third-order valence-corrected chi connectivity index (χ3v) is 3.46. The Bertz CT molecular complexity index is 159. The van der Waals surface area contributed by atoms with Gasteiger partial charge in [-0.1, -0.05) is 20.3 Å². The molecular weight excluding hydrogens is 184 g/mol. The van der Waals surface area contributed by atoms with E-state index in [0.29, 0.717) is 6.04 Å². The van der Waals surface area contributed by atoms with E-state index in [9.17, 15) is 0 Å². The molecule has 2 nitrogen and oxygen atoms in total. The first kappa shape index (κ1) is 13.0. The van der Waals surface area contributed by atoms with Crippen LogP contribution in [-0.2, 0) is 0 Å². The quantitative estimate of drug-likeness (QED) is 0.728. The van der Waals surface area contributed by atoms with Gasteiger partial charge in [0.05, 0.1) is 0 Å². The molecule has 0 aromatic rings. The fourth-order valence-electron chi connectivity index (χ4n) is 2.49. The summed E-state index contributed by atoms with van der Waals surface area (Å²) in [5.41, 5.74) is 0. The van der Waals surface area contributed by atoms with E-state index in [1.807, 2.05) is 0 Å². The molecule has 0 aliphatic carbocycles. The maximum absolute atomic E-state index is 3.57. The monoisotopic (exact) mass is 212 g/mol. The SMILES string of the molecule is CCCNC(C)CN1CCCC(CC)C1. The average molecular weight is 212 g/mol. The van der Waals surface area contributed by atoms with Gasteiger partial charge in [-0.2, -0.15) is 0 Å². The second-order valence-corrected chi connectivity index (χ2v) is 5.03. The van der Waals surface area contributed by atoms with E-state index in [2.05, 4.69) is 31.0 Å². The molecule has 15 heavy (non-hydrogen) atoms. The molecule has 1 aliphatic heterocycles. The molecule has 1 heterocycles. The van der Waals surface area contributed by atoms with Crippen LogP contribution in [0.3, 0.4) is 0 Å². The van der Waals surface area contributed by atoms with E-state index in [1.54, 1.807) is 0 Å². The zero-order chi connectivity index (χ0) is 11.1. The average Bonchev–Trinajstić information content (AvgIpc) is 2.26. The first-order valence-corrected chi connectivity index (χ1v) is 6.72. The molecule has 2 heteroatoms. The summed E-state index contributed by atoms with van der Waals surface area (Å²) >= 11 is 0. The van der Waals surface area contributed by atoms with E-state index in [4.69, 9.17) is 0 Å². The van der Waals surface area contributed by atoms with Gasteiger partial charge in [-0.3, -0.25) is 0 Å². The third kappa shape index (κ3) is 4.98. The van der Waals surface area contributed by atoms with Gasteiger partial charge in [0.2, 0.25) is 0 Å². The highest BCUT2D eigenvalue weighted by Gasteiger charge is 2.19. The normalized spacial score (nSPS) is 25.4. The van der Waals surface area contributed by atoms with E-state index in [0.717, 1.165) is 12.5 Å². The van der Waals surface area contributed by atoms with Crippen molar-refractivity contribution in [2.75, 3.05) is 26.2 Å². The van der Waals surface area contributed by atoms with Gasteiger partial charge in [0, 0.05) is 19.1 Å². The highest BCUT2D eigenvalue weighted by molar-refractivity contribution is 4.75. The number of nitrogens with one attached hydrogen (secondary N) is 1. The van der Waals surface area contributed by atoms with Crippen LogP contribution in [0.5, 0.6) is 0 Å². The molecule has 0 spiro atoms. The molecule has 0 aromatic heterocycles. The Morgan fingerprint density at radius 3 is 2.87 bits per heavy atom. The van der Waals surface area contributed by atoms with Crippen LogP contribution >= 0.6 is 0 Å². The lowest BCUT2D eigenvalue weighted by atomic mass is 9.95. The number of likely N-dealkylation sites (tertiary alicyclic amines) is 1. The van der Waals surface area contributed by atoms with Gasteiger partial charge in [-0.25, -0.2) is 0 Å². The van der Waals surface area contributed by atoms with E-state index in [1.165, 1.54) is 45.3 Å². The summed E-state index contributed by atoms with van der Waals surface area (Å²) < 4.78 is 0. The van der Waals surface area contributed by atoms with Crippen molar-refractivity contribution < 1.29 is 0 Å². The maximum Gasteiger partial charge on any atom is 0.0166 e. The molecule has 0 radical (unpaired) electrons. The van der Waals surface area contributed by atoms with Crippen LogP contribution in [0, 0.1) is 5.92 Å². The first-order valence-electron chi connectivity index (χ1n) is 6.72. The van der Waals surface area contributed by atoms with Gasteiger partial charge >= 0.3 is 0 Å². The Hall–Kier alpha value is -0.0800. The van der Waals surface area contributed by atoms with E-state index in [-0.39, 0.29) is 0 Å². The van der Waals surface area contributed by atoms with E-state index < -0.39 is 0 Å². The van der Waals surface area contributed by atoms with Crippen LogP contribution in [0.25, 0.3) is 0 Å². The molecule has 0 bridgehead atoms. The smallest absolute Gasteiger partial charge is 0.0166 e. The highest BCUT2D eigenvalue weighted by Crippen LogP contribution is 2.18. The summed E-state index contributed by atoms with van der Waals surface area (Å²) in [5.74, 6) is 0.956. The van der Waals surface area contributed by atoms with Crippen LogP contribution in [-0.4, -0.2) is 37.1 Å². The molecular formula is C13H28N2. The summed E-state index contributed by atoms with van der Waals surface area (Å²) in [6, 6.07) is 0.653. The van der Waals surface area contributed by atoms with Crippen LogP contribution in [0.4, 0.5) is 0 Å². The fraction of sp³-hybridized carbons (Fsp3) is 1.00. The lowest BCUT2D eigenvalue weighted by molar-refractivity contribution is 0.159. The Labute approximate surface area is 95.4 Å². The molecule has 0 saturated carbocycles. The fourth-order valence-corrected chi connectivity index (χ4v) is 2.49. The largest absolute Gasteiger partial charge is 0.313 e. The van der Waals surface area contributed by atoms with Crippen molar-refractivity contribution in [2.24, 2.45) is 5.92 Å². The number of hydrogen-bond acceptors (Lipinski definition) is 2. The van der Waals surface area contributed by atoms with Gasteiger partial charge in [0.25, 0.3) is 0 Å². The minimum absolute atomic E-state index is 0.653. The van der Waals surface area contributed by atoms with Crippen molar-refractivity contribution >= 4 is 0 Å². The van der Waals surface area contributed by atoms with Crippen molar-refractivity contribution in [1.82, 2.24) is 10.2 Å². The summed E-state index contributed by atoms with van der Waals surface area (Å²) in [6.07, 6.45) is 5.44. The minimum atomic E-state index is 0.653. The van der Waals surface area contributed by atoms with Crippen molar-refractivity contribution in [3.05, 3.63) is 0 Å². The number of rotatable bonds is 6. The second kappa shape index (κ2) is 7.24. The standard InChI is InChI=1S/C13H28N2/c1-4-8-14-12(3)10-15-9-6-7-13(5-2)11-15/h12-14H,4-11H2,1-3H3. The summed E-state index contributed by atoms with van der Waals surface area (Å²) in [5, 5.41) is 3.57. The van der Waals surface area contributed by atoms with Gasteiger partial charge in [0.1, 0.15) is 0 Å². The molecule has 2 unspecified atom stereocenters. The predicted molar refractivity (Wildman–Crippen MR) is 67.2 cm³/mol. The lowest BCUT2D eigenvalue weighted by Crippen LogP contribution is -2.43. The Balaban J connectivity index is 2.19. The molecule has 0 amide bonds. The van der Waals surface area contributed by atoms with Gasteiger partial charge < -0.3 is 10.2 Å². The highest BCUT2D eigenvalue weighted by atomic mass is 15.2. The predicted octanol–water partition coefficient (Wildman–Crippen LogP) is 2.50. The van der Waals surface area contributed by atoms with Crippen molar-refractivity contribution in [2.45, 2.75) is 52.5 Å². The lowest BCUT2D eigenvalue weighted by Gasteiger charge is -2.34. The number of nitrogens with zero attached hydrogens (tertiary/aromatic N) is 1. The molecule has 1 fully saturated rings. The number of hydrogen-bond donors (Lipinski definition) is 1. The molecule has 2 atom stereocenters. The van der Waals surface area contributed by atoms with Crippen LogP contribution in [0.1, 0.15) is 46.5 Å². The summed E-state index contributed by atoms with van der Waals surface area (Å²) in [4.78, 5) is 2.64. The Morgan fingerprint density at radius 1 is 1.40 bits per heavy atom. The van der Waals surface area contributed by atoms with Crippen LogP contribution in [0.2, 0.25) is 0 Å². The molecule has 1 aliphatic rings. The first-order chi connectivity index (χ1) is 7.26. The van der Waals surface area contributed by atoms with Crippen LogP contribution in [0.15, 0.2) is 0 Å². The third-order valence-electron chi connectivity index (χ3n) is 3.46. The zero-order valence-electron chi connectivity index (χ0n) is 10.8. The molecule has 1 saturated heterocycles. The maximum atomic E-state index is 3.57. The van der Waals surface area contributed by atoms with Crippen LogP contribution < -0.4 is 5.32 Å². The van der Waals surface area contributed by atoms with Crippen molar-refractivity contribution in [1.29, 1.82) is 0 Å². The van der Waals surface area contributed by atoms with Gasteiger partial charge in [0.15, 0.2) is 0 Å². The Morgan fingerprint density at radius 2 is 2.20 bits per heavy atom.